The number of fused-ring (bicyclic) bond motifs is 1. The van der Waals surface area contributed by atoms with Gasteiger partial charge in [0.15, 0.2) is 11.6 Å². The number of halogens is 1. The fourth-order valence-corrected chi connectivity index (χ4v) is 4.62. The summed E-state index contributed by atoms with van der Waals surface area (Å²) in [6.07, 6.45) is 5.04. The van der Waals surface area contributed by atoms with Crippen LogP contribution in [0.1, 0.15) is 25.1 Å². The zero-order chi connectivity index (χ0) is 19.7. The fourth-order valence-electron chi connectivity index (χ4n) is 3.49. The molecule has 0 fully saturated rings. The van der Waals surface area contributed by atoms with Crippen LogP contribution in [0.15, 0.2) is 42.6 Å². The molecule has 0 saturated heterocycles. The van der Waals surface area contributed by atoms with Crippen molar-refractivity contribution in [1.29, 1.82) is 0 Å². The van der Waals surface area contributed by atoms with E-state index in [0.29, 0.717) is 17.4 Å². The molecule has 1 aliphatic rings. The van der Waals surface area contributed by atoms with E-state index in [1.807, 2.05) is 0 Å². The first-order valence-corrected chi connectivity index (χ1v) is 10.3. The summed E-state index contributed by atoms with van der Waals surface area (Å²) in [5.41, 5.74) is 8.22. The van der Waals surface area contributed by atoms with Crippen LogP contribution in [0.2, 0.25) is 0 Å². The molecule has 0 unspecified atom stereocenters. The Morgan fingerprint density at radius 2 is 2.11 bits per heavy atom. The van der Waals surface area contributed by atoms with Gasteiger partial charge in [0.1, 0.15) is 5.75 Å². The third kappa shape index (κ3) is 4.03. The van der Waals surface area contributed by atoms with Gasteiger partial charge in [-0.2, -0.15) is 0 Å². The lowest BCUT2D eigenvalue weighted by Gasteiger charge is -2.27. The van der Waals surface area contributed by atoms with E-state index in [1.165, 1.54) is 16.5 Å². The molecule has 1 aromatic carbocycles. The quantitative estimate of drug-likeness (QED) is 0.573. The second-order valence-electron chi connectivity index (χ2n) is 7.56. The molecule has 28 heavy (non-hydrogen) atoms. The number of rotatable bonds is 5. The highest BCUT2D eigenvalue weighted by atomic mass is 32.1. The van der Waals surface area contributed by atoms with Crippen LogP contribution in [-0.4, -0.2) is 29.5 Å². The topological polar surface area (TPSA) is 51.4 Å². The van der Waals surface area contributed by atoms with Gasteiger partial charge in [-0.25, -0.2) is 4.39 Å². The van der Waals surface area contributed by atoms with Crippen LogP contribution >= 0.6 is 11.3 Å². The molecule has 0 atom stereocenters. The molecule has 0 bridgehead atoms. The van der Waals surface area contributed by atoms with Crippen molar-refractivity contribution < 1.29 is 9.13 Å². The number of pyridine rings is 1. The number of nitrogens with two attached hydrogens (primary N) is 1. The van der Waals surface area contributed by atoms with Crippen molar-refractivity contribution in [2.45, 2.75) is 20.3 Å². The zero-order valence-corrected chi connectivity index (χ0v) is 16.9. The molecule has 0 saturated carbocycles. The Morgan fingerprint density at radius 1 is 1.25 bits per heavy atom. The number of nitrogens with zero attached hydrogens (tertiary/aromatic N) is 2. The van der Waals surface area contributed by atoms with Crippen LogP contribution < -0.4 is 10.5 Å². The molecule has 146 valence electrons. The number of aromatic nitrogens is 1. The molecular weight excluding hydrogens is 373 g/mol. The van der Waals surface area contributed by atoms with E-state index in [4.69, 9.17) is 10.5 Å². The lowest BCUT2D eigenvalue weighted by molar-refractivity contribution is 0.268. The SMILES string of the molecule is CC(C)CN1CC=C(c2cc3nccc(Oc4ccc(N)cc4F)c3s2)CC1. The van der Waals surface area contributed by atoms with Gasteiger partial charge in [-0.15, -0.1) is 11.3 Å². The number of benzene rings is 1. The minimum absolute atomic E-state index is 0.165. The molecule has 0 spiro atoms. The Bertz CT molecular complexity index is 1030. The van der Waals surface area contributed by atoms with E-state index in [9.17, 15) is 4.39 Å². The molecule has 4 rings (SSSR count). The van der Waals surface area contributed by atoms with Crippen LogP contribution in [-0.2, 0) is 0 Å². The molecule has 2 N–H and O–H groups in total. The summed E-state index contributed by atoms with van der Waals surface area (Å²) in [5, 5.41) is 0. The summed E-state index contributed by atoms with van der Waals surface area (Å²) < 4.78 is 20.9. The molecule has 6 heteroatoms. The van der Waals surface area contributed by atoms with Gasteiger partial charge in [0, 0.05) is 48.5 Å². The van der Waals surface area contributed by atoms with Gasteiger partial charge >= 0.3 is 0 Å². The van der Waals surface area contributed by atoms with Crippen molar-refractivity contribution in [3.8, 4) is 11.5 Å². The molecule has 3 heterocycles. The second-order valence-corrected chi connectivity index (χ2v) is 8.61. The molecule has 3 aromatic rings. The summed E-state index contributed by atoms with van der Waals surface area (Å²) in [7, 11) is 0. The Morgan fingerprint density at radius 3 is 2.82 bits per heavy atom. The fraction of sp³-hybridized carbons (Fsp3) is 0.318. The van der Waals surface area contributed by atoms with Crippen molar-refractivity contribution in [2.75, 3.05) is 25.4 Å². The predicted octanol–water partition coefficient (Wildman–Crippen LogP) is 5.56. The summed E-state index contributed by atoms with van der Waals surface area (Å²) in [6, 6.07) is 8.34. The molecular formula is C22H24FN3OS. The molecule has 0 radical (unpaired) electrons. The van der Waals surface area contributed by atoms with Gasteiger partial charge in [-0.05, 0) is 36.1 Å². The van der Waals surface area contributed by atoms with Gasteiger partial charge < -0.3 is 10.5 Å². The van der Waals surface area contributed by atoms with Gasteiger partial charge in [-0.3, -0.25) is 9.88 Å². The van der Waals surface area contributed by atoms with E-state index in [-0.39, 0.29) is 5.75 Å². The van der Waals surface area contributed by atoms with Crippen LogP contribution in [0, 0.1) is 11.7 Å². The summed E-state index contributed by atoms with van der Waals surface area (Å²) in [4.78, 5) is 8.16. The highest BCUT2D eigenvalue weighted by Crippen LogP contribution is 2.39. The van der Waals surface area contributed by atoms with E-state index >= 15 is 0 Å². The molecule has 0 amide bonds. The number of thiophene rings is 1. The highest BCUT2D eigenvalue weighted by molar-refractivity contribution is 7.20. The third-order valence-electron chi connectivity index (χ3n) is 4.78. The Hall–Kier alpha value is -2.44. The minimum Gasteiger partial charge on any atom is -0.453 e. The number of hydrogen-bond acceptors (Lipinski definition) is 5. The zero-order valence-electron chi connectivity index (χ0n) is 16.1. The predicted molar refractivity (Wildman–Crippen MR) is 114 cm³/mol. The summed E-state index contributed by atoms with van der Waals surface area (Å²) >= 11 is 1.65. The van der Waals surface area contributed by atoms with Crippen LogP contribution in [0.5, 0.6) is 11.5 Å². The first-order chi connectivity index (χ1) is 13.5. The lowest BCUT2D eigenvalue weighted by atomic mass is 10.1. The monoisotopic (exact) mass is 397 g/mol. The van der Waals surface area contributed by atoms with Crippen molar-refractivity contribution in [3.63, 3.8) is 0 Å². The Kier molecular flexibility index (Phi) is 5.33. The van der Waals surface area contributed by atoms with E-state index in [2.05, 4.69) is 35.9 Å². The average Bonchev–Trinajstić information content (AvgIpc) is 3.09. The van der Waals surface area contributed by atoms with Crippen LogP contribution in [0.3, 0.4) is 0 Å². The number of hydrogen-bond donors (Lipinski definition) is 1. The van der Waals surface area contributed by atoms with Crippen molar-refractivity contribution in [3.05, 3.63) is 53.3 Å². The Labute approximate surface area is 168 Å². The first kappa shape index (κ1) is 18.9. The summed E-state index contributed by atoms with van der Waals surface area (Å²) in [6.45, 7) is 7.69. The summed E-state index contributed by atoms with van der Waals surface area (Å²) in [5.74, 6) is 0.986. The standard InChI is InChI=1S/C22H24FN3OS/c1-14(2)13-26-9-6-15(7-10-26)21-12-18-22(28-21)20(5-8-25-18)27-19-4-3-16(24)11-17(19)23/h3-6,8,11-12,14H,7,9-10,13,24H2,1-2H3. The van der Waals surface area contributed by atoms with Gasteiger partial charge in [-0.1, -0.05) is 19.9 Å². The van der Waals surface area contributed by atoms with Gasteiger partial charge in [0.2, 0.25) is 0 Å². The highest BCUT2D eigenvalue weighted by Gasteiger charge is 2.17. The van der Waals surface area contributed by atoms with Gasteiger partial charge in [0.25, 0.3) is 0 Å². The average molecular weight is 398 g/mol. The first-order valence-electron chi connectivity index (χ1n) is 9.53. The normalized spacial score (nSPS) is 15.2. The van der Waals surface area contributed by atoms with Crippen molar-refractivity contribution in [1.82, 2.24) is 9.88 Å². The van der Waals surface area contributed by atoms with E-state index in [1.54, 1.807) is 35.7 Å². The van der Waals surface area contributed by atoms with Crippen molar-refractivity contribution in [2.24, 2.45) is 5.92 Å². The number of nitrogen functional groups attached to an aromatic ring is 1. The maximum Gasteiger partial charge on any atom is 0.167 e. The number of anilines is 1. The Balaban J connectivity index is 1.60. The smallest absolute Gasteiger partial charge is 0.167 e. The van der Waals surface area contributed by atoms with Gasteiger partial charge in [0.05, 0.1) is 10.2 Å². The lowest BCUT2D eigenvalue weighted by Crippen LogP contribution is -2.31. The molecule has 1 aliphatic heterocycles. The molecule has 2 aromatic heterocycles. The van der Waals surface area contributed by atoms with Crippen LogP contribution in [0.4, 0.5) is 10.1 Å². The third-order valence-corrected chi connectivity index (χ3v) is 6.00. The molecule has 0 aliphatic carbocycles. The maximum atomic E-state index is 14.1. The second kappa shape index (κ2) is 7.89. The van der Waals surface area contributed by atoms with Crippen LogP contribution in [0.25, 0.3) is 15.8 Å². The minimum atomic E-state index is -0.470. The molecule has 4 nitrogen and oxygen atoms in total. The number of ether oxygens (including phenoxy) is 1. The maximum absolute atomic E-state index is 14.1. The van der Waals surface area contributed by atoms with E-state index in [0.717, 1.165) is 36.3 Å². The van der Waals surface area contributed by atoms with Crippen molar-refractivity contribution >= 4 is 32.8 Å². The van der Waals surface area contributed by atoms with E-state index < -0.39 is 5.82 Å². The largest absolute Gasteiger partial charge is 0.453 e.